The maximum atomic E-state index is 5.73. The van der Waals surface area contributed by atoms with Gasteiger partial charge < -0.3 is 24.8 Å². The summed E-state index contributed by atoms with van der Waals surface area (Å²) in [7, 11) is 0. The Balaban J connectivity index is 1.46. The van der Waals surface area contributed by atoms with Gasteiger partial charge in [-0.15, -0.1) is 0 Å². The minimum absolute atomic E-state index is 0.280. The van der Waals surface area contributed by atoms with Crippen molar-refractivity contribution in [1.82, 2.24) is 10.6 Å². The Morgan fingerprint density at radius 3 is 2.91 bits per heavy atom. The fraction of sp³-hybridized carbons (Fsp3) is 0.588. The summed E-state index contributed by atoms with van der Waals surface area (Å²) in [6, 6.07) is 6.17. The lowest BCUT2D eigenvalue weighted by atomic mass is 10.2. The molecule has 0 atom stereocenters. The number of hydrogen-bond acceptors (Lipinski definition) is 4. The molecule has 0 bridgehead atoms. The molecule has 1 aromatic carbocycles. The normalized spacial score (nSPS) is 17.3. The lowest BCUT2D eigenvalue weighted by Gasteiger charge is -2.16. The van der Waals surface area contributed by atoms with Crippen molar-refractivity contribution in [3.8, 4) is 17.2 Å². The molecule has 2 aliphatic rings. The summed E-state index contributed by atoms with van der Waals surface area (Å²) < 4.78 is 16.4. The van der Waals surface area contributed by atoms with Crippen molar-refractivity contribution < 1.29 is 14.2 Å². The van der Waals surface area contributed by atoms with Gasteiger partial charge in [0.15, 0.2) is 17.5 Å². The molecule has 1 aliphatic carbocycles. The summed E-state index contributed by atoms with van der Waals surface area (Å²) in [5, 5.41) is 6.79. The van der Waals surface area contributed by atoms with E-state index in [1.165, 1.54) is 25.7 Å². The fourth-order valence-corrected chi connectivity index (χ4v) is 2.87. The largest absolute Gasteiger partial charge is 0.492 e. The van der Waals surface area contributed by atoms with Crippen molar-refractivity contribution in [2.75, 3.05) is 26.5 Å². The number of nitrogens with one attached hydrogen (secondary N) is 2. The van der Waals surface area contributed by atoms with E-state index in [1.54, 1.807) is 0 Å². The molecule has 0 amide bonds. The maximum Gasteiger partial charge on any atom is 0.231 e. The Bertz CT molecular complexity index is 542. The standard InChI is InChI=1S/C17H25N3O3/c1-2-18-17(20-13-5-3-4-6-13)19-9-10-21-14-7-8-15-16(11-14)23-12-22-15/h7-8,11,13H,2-6,9-10,12H2,1H3,(H2,18,19,20). The van der Waals surface area contributed by atoms with Crippen LogP contribution < -0.4 is 24.8 Å². The fourth-order valence-electron chi connectivity index (χ4n) is 2.87. The van der Waals surface area contributed by atoms with Crippen molar-refractivity contribution in [2.24, 2.45) is 4.99 Å². The van der Waals surface area contributed by atoms with E-state index in [2.05, 4.69) is 22.5 Å². The summed E-state index contributed by atoms with van der Waals surface area (Å²) in [5.41, 5.74) is 0. The zero-order valence-electron chi connectivity index (χ0n) is 13.6. The minimum atomic E-state index is 0.280. The SMILES string of the molecule is CCNC(=NCCOc1ccc2c(c1)OCO2)NC1CCCC1. The van der Waals surface area contributed by atoms with Crippen LogP contribution >= 0.6 is 0 Å². The van der Waals surface area contributed by atoms with Crippen LogP contribution in [0.25, 0.3) is 0 Å². The third-order valence-corrected chi connectivity index (χ3v) is 4.01. The number of aliphatic imine (C=N–C) groups is 1. The molecule has 1 aromatic rings. The molecular weight excluding hydrogens is 294 g/mol. The Kier molecular flexibility index (Phi) is 5.45. The summed E-state index contributed by atoms with van der Waals surface area (Å²) in [4.78, 5) is 4.58. The Morgan fingerprint density at radius 2 is 2.09 bits per heavy atom. The second-order valence-electron chi connectivity index (χ2n) is 5.75. The number of nitrogens with zero attached hydrogens (tertiary/aromatic N) is 1. The molecule has 126 valence electrons. The van der Waals surface area contributed by atoms with Crippen molar-refractivity contribution >= 4 is 5.96 Å². The summed E-state index contributed by atoms with van der Waals surface area (Å²) in [6.45, 7) is 4.36. The third-order valence-electron chi connectivity index (χ3n) is 4.01. The number of benzene rings is 1. The van der Waals surface area contributed by atoms with Crippen LogP contribution in [0.2, 0.25) is 0 Å². The molecule has 1 saturated carbocycles. The zero-order valence-corrected chi connectivity index (χ0v) is 13.6. The Labute approximate surface area is 137 Å². The molecule has 0 aromatic heterocycles. The molecule has 3 rings (SSSR count). The van der Waals surface area contributed by atoms with Crippen LogP contribution in [0.1, 0.15) is 32.6 Å². The quantitative estimate of drug-likeness (QED) is 0.478. The lowest BCUT2D eigenvalue weighted by molar-refractivity contribution is 0.174. The van der Waals surface area contributed by atoms with Crippen molar-refractivity contribution in [2.45, 2.75) is 38.6 Å². The zero-order chi connectivity index (χ0) is 15.9. The van der Waals surface area contributed by atoms with Crippen molar-refractivity contribution in [3.05, 3.63) is 18.2 Å². The van der Waals surface area contributed by atoms with Gasteiger partial charge in [-0.2, -0.15) is 0 Å². The highest BCUT2D eigenvalue weighted by molar-refractivity contribution is 5.80. The van der Waals surface area contributed by atoms with Crippen LogP contribution in [0.4, 0.5) is 0 Å². The average molecular weight is 319 g/mol. The van der Waals surface area contributed by atoms with Gasteiger partial charge in [0.25, 0.3) is 0 Å². The van der Waals surface area contributed by atoms with Crippen molar-refractivity contribution in [1.29, 1.82) is 0 Å². The summed E-state index contributed by atoms with van der Waals surface area (Å²) >= 11 is 0. The van der Waals surface area contributed by atoms with Gasteiger partial charge in [-0.3, -0.25) is 0 Å². The number of ether oxygens (including phenoxy) is 3. The molecule has 0 unspecified atom stereocenters. The van der Waals surface area contributed by atoms with E-state index in [0.717, 1.165) is 29.8 Å². The highest BCUT2D eigenvalue weighted by atomic mass is 16.7. The van der Waals surface area contributed by atoms with Gasteiger partial charge >= 0.3 is 0 Å². The molecule has 1 fully saturated rings. The third kappa shape index (κ3) is 4.43. The smallest absolute Gasteiger partial charge is 0.231 e. The van der Waals surface area contributed by atoms with E-state index in [4.69, 9.17) is 14.2 Å². The minimum Gasteiger partial charge on any atom is -0.492 e. The van der Waals surface area contributed by atoms with Gasteiger partial charge in [0.05, 0.1) is 6.54 Å². The van der Waals surface area contributed by atoms with Gasteiger partial charge in [-0.1, -0.05) is 12.8 Å². The van der Waals surface area contributed by atoms with Crippen LogP contribution in [0.5, 0.6) is 17.2 Å². The van der Waals surface area contributed by atoms with E-state index >= 15 is 0 Å². The average Bonchev–Trinajstić information content (AvgIpc) is 3.22. The van der Waals surface area contributed by atoms with Gasteiger partial charge in [-0.25, -0.2) is 4.99 Å². The Morgan fingerprint density at radius 1 is 1.26 bits per heavy atom. The molecule has 0 saturated heterocycles. The van der Waals surface area contributed by atoms with Gasteiger partial charge in [-0.05, 0) is 31.9 Å². The Hall–Kier alpha value is -2.11. The second kappa shape index (κ2) is 7.94. The van der Waals surface area contributed by atoms with Gasteiger partial charge in [0.1, 0.15) is 12.4 Å². The van der Waals surface area contributed by atoms with Crippen LogP contribution in [0.3, 0.4) is 0 Å². The second-order valence-corrected chi connectivity index (χ2v) is 5.75. The van der Waals surface area contributed by atoms with Crippen LogP contribution in [0.15, 0.2) is 23.2 Å². The first-order valence-electron chi connectivity index (χ1n) is 8.42. The van der Waals surface area contributed by atoms with Crippen LogP contribution in [-0.2, 0) is 0 Å². The van der Waals surface area contributed by atoms with Crippen molar-refractivity contribution in [3.63, 3.8) is 0 Å². The first-order chi connectivity index (χ1) is 11.3. The molecule has 6 nitrogen and oxygen atoms in total. The predicted molar refractivity (Wildman–Crippen MR) is 89.4 cm³/mol. The maximum absolute atomic E-state index is 5.73. The first-order valence-corrected chi connectivity index (χ1v) is 8.42. The monoisotopic (exact) mass is 319 g/mol. The van der Waals surface area contributed by atoms with Gasteiger partial charge in [0, 0.05) is 18.7 Å². The highest BCUT2D eigenvalue weighted by Gasteiger charge is 2.16. The molecule has 0 radical (unpaired) electrons. The first kappa shape index (κ1) is 15.8. The lowest BCUT2D eigenvalue weighted by Crippen LogP contribution is -2.42. The molecular formula is C17H25N3O3. The molecule has 23 heavy (non-hydrogen) atoms. The number of hydrogen-bond donors (Lipinski definition) is 2. The van der Waals surface area contributed by atoms with Gasteiger partial charge in [0.2, 0.25) is 6.79 Å². The van der Waals surface area contributed by atoms with E-state index in [-0.39, 0.29) is 6.79 Å². The summed E-state index contributed by atoms with van der Waals surface area (Å²) in [6.07, 6.45) is 5.09. The molecule has 6 heteroatoms. The number of guanidine groups is 1. The molecule has 1 heterocycles. The molecule has 2 N–H and O–H groups in total. The van der Waals surface area contributed by atoms with E-state index in [0.29, 0.717) is 19.2 Å². The molecule has 0 spiro atoms. The van der Waals surface area contributed by atoms with E-state index in [1.807, 2.05) is 18.2 Å². The predicted octanol–water partition coefficient (Wildman–Crippen LogP) is 2.29. The summed E-state index contributed by atoms with van der Waals surface area (Å²) in [5.74, 6) is 3.17. The molecule has 1 aliphatic heterocycles. The topological polar surface area (TPSA) is 64.1 Å². The van der Waals surface area contributed by atoms with Crippen LogP contribution in [-0.4, -0.2) is 38.5 Å². The highest BCUT2D eigenvalue weighted by Crippen LogP contribution is 2.34. The van der Waals surface area contributed by atoms with Crippen LogP contribution in [0, 0.1) is 0 Å². The number of rotatable bonds is 6. The van der Waals surface area contributed by atoms with E-state index < -0.39 is 0 Å². The number of fused-ring (bicyclic) bond motifs is 1. The van der Waals surface area contributed by atoms with E-state index in [9.17, 15) is 0 Å².